The van der Waals surface area contributed by atoms with Crippen molar-refractivity contribution < 1.29 is 81.8 Å². The Balaban J connectivity index is 0.000000281. The molecule has 1 fully saturated rings. The third kappa shape index (κ3) is 25.9. The second-order valence-electron chi connectivity index (χ2n) is 25.2. The zero-order valence-electron chi connectivity index (χ0n) is 63.9. The molecule has 7 heterocycles. The molecule has 0 saturated carbocycles. The smallest absolute Gasteiger partial charge is 0.870 e. The number of aryl methyl sites for hydroxylation is 9. The van der Waals surface area contributed by atoms with Crippen LogP contribution < -0.4 is 71.0 Å². The number of carbonyl (C=O) groups is 3. The summed E-state index contributed by atoms with van der Waals surface area (Å²) in [4.78, 5) is 82.7. The maximum absolute atomic E-state index is 12.4. The molecule has 0 aliphatic carbocycles. The number of ether oxygens (including phenoxy) is 3. The van der Waals surface area contributed by atoms with Gasteiger partial charge >= 0.3 is 55.5 Å². The molecule has 5 N–H and O–H groups in total. The van der Waals surface area contributed by atoms with E-state index in [-0.39, 0.29) is 98.3 Å². The Morgan fingerprint density at radius 1 is 0.473 bits per heavy atom. The van der Waals surface area contributed by atoms with Crippen LogP contribution in [0.25, 0.3) is 33.8 Å². The number of nitro groups is 1. The molecular formula is C82H91Li2N15O13. The van der Waals surface area contributed by atoms with E-state index in [0.29, 0.717) is 83.3 Å². The van der Waals surface area contributed by atoms with Crippen LogP contribution in [0.3, 0.4) is 0 Å². The fourth-order valence-electron chi connectivity index (χ4n) is 11.7. The second-order valence-corrected chi connectivity index (χ2v) is 25.2. The SMILES string of the molecule is C.CC.CC1CCCO1.COC(=O)c1cccc(Cn2nc(-c3cccc(CCn4nc(C)cc4N)c3)ccc2=O)c1.COC(=O)c1cccc(Cn2nc(-c3cccc(CCn4nc(C)cc4[N+](=O)[O-])c3)ccc2=O)c1.Cc1cc(N)n(CCc2cccc(-c3ccc(=O)n(Cc4cccc(C(=O)[O-])c4)n3)c2)n1.[Li+].[Li+].[OH-]. The molecule has 574 valence electrons. The Morgan fingerprint density at radius 2 is 0.804 bits per heavy atom. The quantitative estimate of drug-likeness (QED) is 0.0398. The number of rotatable bonds is 22. The number of anilines is 2. The van der Waals surface area contributed by atoms with Gasteiger partial charge in [0.05, 0.1) is 97.3 Å². The van der Waals surface area contributed by atoms with Gasteiger partial charge in [-0.05, 0) is 164 Å². The van der Waals surface area contributed by atoms with Gasteiger partial charge in [-0.25, -0.2) is 33.0 Å². The minimum atomic E-state index is -1.26. The van der Waals surface area contributed by atoms with Gasteiger partial charge in [0.25, 0.3) is 16.7 Å². The van der Waals surface area contributed by atoms with Gasteiger partial charge < -0.3 is 51.2 Å². The summed E-state index contributed by atoms with van der Waals surface area (Å²) in [6.45, 7) is 14.9. The van der Waals surface area contributed by atoms with Crippen LogP contribution in [-0.2, 0) is 72.7 Å². The number of aromatic carboxylic acids is 1. The molecule has 1 unspecified atom stereocenters. The van der Waals surface area contributed by atoms with Crippen molar-refractivity contribution in [3.63, 3.8) is 0 Å². The third-order valence-electron chi connectivity index (χ3n) is 17.1. The number of hydrogen-bond acceptors (Lipinski definition) is 21. The second kappa shape index (κ2) is 44.1. The first kappa shape index (κ1) is 90.7. The van der Waals surface area contributed by atoms with E-state index in [9.17, 15) is 44.0 Å². The number of hydrogen-bond donors (Lipinski definition) is 2. The predicted octanol–water partition coefficient (Wildman–Crippen LogP) is 4.81. The largest absolute Gasteiger partial charge is 1.00 e. The third-order valence-corrected chi connectivity index (χ3v) is 17.1. The van der Waals surface area contributed by atoms with Crippen molar-refractivity contribution in [1.82, 2.24) is 58.7 Å². The average molecular weight is 1510 g/mol. The molecule has 1 aliphatic rings. The summed E-state index contributed by atoms with van der Waals surface area (Å²) in [5.41, 5.74) is 24.3. The average Bonchev–Trinajstić information content (AvgIpc) is 1.15. The molecule has 12 aromatic rings. The van der Waals surface area contributed by atoms with Crippen molar-refractivity contribution in [2.45, 2.75) is 126 Å². The Labute approximate surface area is 672 Å². The fraction of sp³-hybridized carbons (Fsp3) is 0.268. The molecule has 1 atom stereocenters. The van der Waals surface area contributed by atoms with E-state index in [1.54, 1.807) is 83.0 Å². The molecule has 28 nitrogen and oxygen atoms in total. The first-order valence-corrected chi connectivity index (χ1v) is 35.1. The van der Waals surface area contributed by atoms with Gasteiger partial charge in [-0.3, -0.25) is 14.4 Å². The van der Waals surface area contributed by atoms with Crippen molar-refractivity contribution in [3.8, 4) is 33.8 Å². The van der Waals surface area contributed by atoms with Crippen LogP contribution in [0.2, 0.25) is 0 Å². The Bertz CT molecular complexity index is 5320. The van der Waals surface area contributed by atoms with Crippen molar-refractivity contribution in [2.24, 2.45) is 0 Å². The van der Waals surface area contributed by atoms with Gasteiger partial charge in [0.2, 0.25) is 0 Å². The zero-order valence-corrected chi connectivity index (χ0v) is 63.9. The van der Waals surface area contributed by atoms with Gasteiger partial charge in [-0.1, -0.05) is 123 Å². The number of carboxylic acid groups (broad SMARTS) is 1. The predicted molar refractivity (Wildman–Crippen MR) is 418 cm³/mol. The summed E-state index contributed by atoms with van der Waals surface area (Å²) in [6.07, 6.45) is 5.12. The molecule has 13 rings (SSSR count). The van der Waals surface area contributed by atoms with Crippen LogP contribution in [0.1, 0.15) is 123 Å². The molecule has 0 amide bonds. The summed E-state index contributed by atoms with van der Waals surface area (Å²) < 4.78 is 23.7. The van der Waals surface area contributed by atoms with E-state index < -0.39 is 22.8 Å². The van der Waals surface area contributed by atoms with Crippen LogP contribution >= 0.6 is 0 Å². The molecule has 1 saturated heterocycles. The molecule has 30 heteroatoms. The summed E-state index contributed by atoms with van der Waals surface area (Å²) >= 11 is 0. The van der Waals surface area contributed by atoms with Gasteiger partial charge in [-0.15, -0.1) is 4.68 Å². The Morgan fingerprint density at radius 3 is 1.12 bits per heavy atom. The summed E-state index contributed by atoms with van der Waals surface area (Å²) in [7, 11) is 2.65. The maximum Gasteiger partial charge on any atom is 1.00 e. The Kier molecular flexibility index (Phi) is 35.7. The topological polar surface area (TPSA) is 385 Å². The van der Waals surface area contributed by atoms with Crippen LogP contribution in [0.15, 0.2) is 215 Å². The van der Waals surface area contributed by atoms with Crippen LogP contribution in [0, 0.1) is 30.9 Å². The monoisotopic (exact) mass is 1510 g/mol. The molecule has 0 radical (unpaired) electrons. The fourth-order valence-corrected chi connectivity index (χ4v) is 11.7. The number of methoxy groups -OCH3 is 2. The first-order chi connectivity index (χ1) is 52.0. The summed E-state index contributed by atoms with van der Waals surface area (Å²) in [6, 6.07) is 58.4. The Hall–Kier alpha value is -11.9. The van der Waals surface area contributed by atoms with Crippen molar-refractivity contribution in [1.29, 1.82) is 0 Å². The van der Waals surface area contributed by atoms with Gasteiger partial charge in [0, 0.05) is 73.1 Å². The van der Waals surface area contributed by atoms with E-state index in [0.717, 1.165) is 75.3 Å². The molecule has 6 aromatic carbocycles. The zero-order chi connectivity index (χ0) is 77.4. The molecule has 6 aromatic heterocycles. The normalized spacial score (nSPS) is 11.6. The molecule has 112 heavy (non-hydrogen) atoms. The van der Waals surface area contributed by atoms with Gasteiger partial charge in [0.15, 0.2) is 0 Å². The summed E-state index contributed by atoms with van der Waals surface area (Å²) in [5.74, 6) is -0.889. The minimum Gasteiger partial charge on any atom is -0.870 e. The number of nitrogens with zero attached hydrogens (tertiary/aromatic N) is 13. The molecule has 1 aliphatic heterocycles. The number of carboxylic acids is 1. The number of benzene rings is 6. The van der Waals surface area contributed by atoms with Gasteiger partial charge in [0.1, 0.15) is 18.2 Å². The number of esters is 2. The molecule has 0 bridgehead atoms. The molecule has 0 spiro atoms. The number of carbonyl (C=O) groups excluding carboxylic acids is 3. The molecular weight excluding hydrogens is 1420 g/mol. The van der Waals surface area contributed by atoms with Crippen molar-refractivity contribution in [3.05, 3.63) is 309 Å². The van der Waals surface area contributed by atoms with E-state index in [1.165, 1.54) is 82.2 Å². The number of nitrogens with two attached hydrogens (primary N) is 2. The van der Waals surface area contributed by atoms with E-state index in [4.69, 9.17) is 25.7 Å². The number of nitrogen functional groups attached to an aromatic ring is 2. The van der Waals surface area contributed by atoms with Gasteiger partial charge in [-0.2, -0.15) is 25.5 Å². The van der Waals surface area contributed by atoms with E-state index in [1.807, 2.05) is 119 Å². The maximum atomic E-state index is 12.4. The minimum absolute atomic E-state index is 0. The number of aromatic nitrogens is 12. The van der Waals surface area contributed by atoms with Crippen molar-refractivity contribution in [2.75, 3.05) is 32.3 Å². The van der Waals surface area contributed by atoms with Crippen LogP contribution in [-0.4, -0.2) is 114 Å². The first-order valence-electron chi connectivity index (χ1n) is 35.1. The van der Waals surface area contributed by atoms with E-state index >= 15 is 0 Å². The standard InChI is InChI=1S/C25H23N5O5.C25H25N5O3.C24H23N5O3.C5H10O.C2H6.CH4.2Li.H2O/c1-17-13-23(30(33)34)28(26-17)12-11-18-5-3-7-20(14-18)22-9-10-24(31)29(27-22)16-19-6-4-8-21(15-19)25(32)35-2;1-17-13-23(26)29(27-17)12-11-18-5-3-7-20(14-18)22-9-10-24(31)30(28-22)16-19-6-4-8-21(15-19)25(32)33-2;1-16-12-22(25)28(26-16)11-10-17-4-2-6-19(13-17)21-8-9-23(30)29(27-21)15-18-5-3-7-20(14-18)24(31)32;1-5-3-2-4-6-5;1-2;;;;/h3-10,13-15H,11-12,16H2,1-2H3;3-10,13-15H,11-12,16,26H2,1-2H3;2-9,12-14H,10-11,15,25H2,1H3,(H,31,32);5H,2-4H2,1H3;1-2H3;1H4;;;1H2/q;;;;;;2*+1;/p-2. The van der Waals surface area contributed by atoms with E-state index in [2.05, 4.69) is 43.6 Å². The van der Waals surface area contributed by atoms with Crippen molar-refractivity contribution >= 4 is 35.4 Å². The van der Waals surface area contributed by atoms with Crippen LogP contribution in [0.4, 0.5) is 17.5 Å². The van der Waals surface area contributed by atoms with Crippen LogP contribution in [0.5, 0.6) is 0 Å². The summed E-state index contributed by atoms with van der Waals surface area (Å²) in [5, 5.41) is 48.9.